The van der Waals surface area contributed by atoms with Gasteiger partial charge in [-0.2, -0.15) is 13.2 Å². The fourth-order valence-corrected chi connectivity index (χ4v) is 4.39. The molecule has 3 aromatic heterocycles. The molecule has 37 heavy (non-hydrogen) atoms. The van der Waals surface area contributed by atoms with Crippen molar-refractivity contribution < 1.29 is 13.2 Å². The molecule has 2 N–H and O–H groups in total. The van der Waals surface area contributed by atoms with Crippen molar-refractivity contribution in [1.82, 2.24) is 24.4 Å². The maximum absolute atomic E-state index is 14.2. The van der Waals surface area contributed by atoms with Crippen LogP contribution in [0, 0.1) is 6.92 Å². The minimum Gasteiger partial charge on any atom is -0.324 e. The van der Waals surface area contributed by atoms with Gasteiger partial charge in [0.15, 0.2) is 11.5 Å². The van der Waals surface area contributed by atoms with Crippen LogP contribution in [-0.4, -0.2) is 24.4 Å². The predicted octanol–water partition coefficient (Wildman–Crippen LogP) is 5.11. The van der Waals surface area contributed by atoms with E-state index in [9.17, 15) is 18.0 Å². The summed E-state index contributed by atoms with van der Waals surface area (Å²) >= 11 is 6.11. The van der Waals surface area contributed by atoms with Crippen molar-refractivity contribution in [1.29, 1.82) is 0 Å². The average Bonchev–Trinajstić information content (AvgIpc) is 3.30. The molecule has 188 valence electrons. The molecule has 5 aromatic rings. The Bertz CT molecular complexity index is 1660. The Labute approximate surface area is 214 Å². The van der Waals surface area contributed by atoms with E-state index in [1.807, 2.05) is 30.3 Å². The van der Waals surface area contributed by atoms with Gasteiger partial charge in [0.05, 0.1) is 18.7 Å². The lowest BCUT2D eigenvalue weighted by atomic mass is 9.96. The third-order valence-corrected chi connectivity index (χ3v) is 6.30. The number of aryl methyl sites for hydroxylation is 1. The van der Waals surface area contributed by atoms with Crippen molar-refractivity contribution in [2.75, 3.05) is 0 Å². The Hall–Kier alpha value is -4.02. The Kier molecular flexibility index (Phi) is 6.30. The molecule has 0 aliphatic heterocycles. The van der Waals surface area contributed by atoms with E-state index < -0.39 is 17.4 Å². The molecule has 0 spiro atoms. The van der Waals surface area contributed by atoms with Gasteiger partial charge in [-0.05, 0) is 41.8 Å². The summed E-state index contributed by atoms with van der Waals surface area (Å²) in [7, 11) is 0. The first-order valence-electron chi connectivity index (χ1n) is 11.2. The second kappa shape index (κ2) is 9.45. The van der Waals surface area contributed by atoms with Gasteiger partial charge in [-0.1, -0.05) is 60.1 Å². The van der Waals surface area contributed by atoms with E-state index in [4.69, 9.17) is 17.3 Å². The summed E-state index contributed by atoms with van der Waals surface area (Å²) in [4.78, 5) is 17.9. The molecule has 11 heteroatoms. The number of alkyl halides is 3. The van der Waals surface area contributed by atoms with Crippen molar-refractivity contribution in [3.8, 4) is 22.3 Å². The molecule has 0 amide bonds. The number of rotatable bonds is 5. The molecular weight excluding hydrogens is 505 g/mol. The number of pyridine rings is 1. The third-order valence-electron chi connectivity index (χ3n) is 6.05. The second-order valence-electron chi connectivity index (χ2n) is 8.38. The topological polar surface area (TPSA) is 91.1 Å². The number of aromatic nitrogens is 5. The van der Waals surface area contributed by atoms with Gasteiger partial charge in [0.25, 0.3) is 5.56 Å². The number of halogens is 4. The highest BCUT2D eigenvalue weighted by molar-refractivity contribution is 6.30. The first-order valence-corrected chi connectivity index (χ1v) is 11.6. The molecule has 0 atom stereocenters. The van der Waals surface area contributed by atoms with Crippen molar-refractivity contribution in [2.45, 2.75) is 26.2 Å². The summed E-state index contributed by atoms with van der Waals surface area (Å²) in [5, 5.41) is 9.10. The summed E-state index contributed by atoms with van der Waals surface area (Å²) in [6, 6.07) is 18.3. The van der Waals surface area contributed by atoms with E-state index in [2.05, 4.69) is 15.2 Å². The molecule has 5 rings (SSSR count). The van der Waals surface area contributed by atoms with Gasteiger partial charge >= 0.3 is 6.18 Å². The van der Waals surface area contributed by atoms with E-state index in [0.717, 1.165) is 6.07 Å². The smallest absolute Gasteiger partial charge is 0.324 e. The monoisotopic (exact) mass is 524 g/mol. The van der Waals surface area contributed by atoms with Crippen LogP contribution in [0.2, 0.25) is 5.02 Å². The molecule has 0 radical (unpaired) electrons. The first-order chi connectivity index (χ1) is 17.7. The zero-order valence-corrected chi connectivity index (χ0v) is 20.3. The molecule has 0 aliphatic carbocycles. The molecule has 0 fully saturated rings. The van der Waals surface area contributed by atoms with Crippen LogP contribution in [0.5, 0.6) is 0 Å². The van der Waals surface area contributed by atoms with Gasteiger partial charge in [-0.25, -0.2) is 14.2 Å². The summed E-state index contributed by atoms with van der Waals surface area (Å²) in [5.74, 6) is 0.319. The number of benzene rings is 2. The van der Waals surface area contributed by atoms with Crippen LogP contribution in [0.1, 0.15) is 22.8 Å². The van der Waals surface area contributed by atoms with E-state index >= 15 is 0 Å². The fraction of sp³-hybridized carbons (Fsp3) is 0.154. The van der Waals surface area contributed by atoms with Crippen molar-refractivity contribution in [3.05, 3.63) is 105 Å². The van der Waals surface area contributed by atoms with Gasteiger partial charge in [0.2, 0.25) is 0 Å². The van der Waals surface area contributed by atoms with Crippen LogP contribution in [0.25, 0.3) is 27.9 Å². The molecule has 3 heterocycles. The summed E-state index contributed by atoms with van der Waals surface area (Å²) in [6.07, 6.45) is -4.57. The molecule has 2 aromatic carbocycles. The summed E-state index contributed by atoms with van der Waals surface area (Å²) < 4.78 is 42.4. The lowest BCUT2D eigenvalue weighted by molar-refractivity contribution is -0.141. The number of hydrogen-bond donors (Lipinski definition) is 1. The minimum absolute atomic E-state index is 0.0183. The van der Waals surface area contributed by atoms with Gasteiger partial charge in [0, 0.05) is 16.3 Å². The number of hydrogen-bond acceptors (Lipinski definition) is 5. The summed E-state index contributed by atoms with van der Waals surface area (Å²) in [5.41, 5.74) is 7.75. The van der Waals surface area contributed by atoms with Crippen LogP contribution >= 0.6 is 11.6 Å². The molecule has 0 aliphatic rings. The fourth-order valence-electron chi connectivity index (χ4n) is 4.27. The van der Waals surface area contributed by atoms with Crippen LogP contribution < -0.4 is 11.3 Å². The van der Waals surface area contributed by atoms with Crippen molar-refractivity contribution in [2.24, 2.45) is 5.73 Å². The third kappa shape index (κ3) is 4.49. The SMILES string of the molecule is Cc1nc(C(F)(F)F)ccc1Cn1c(=O)c(-c2ccccc2)c(-c2ccc(Cl)cc2)c2nnc(CN)n21. The van der Waals surface area contributed by atoms with E-state index in [1.54, 1.807) is 24.3 Å². The first kappa shape index (κ1) is 24.7. The van der Waals surface area contributed by atoms with Crippen LogP contribution in [0.15, 0.2) is 71.5 Å². The number of nitrogens with zero attached hydrogens (tertiary/aromatic N) is 5. The zero-order valence-electron chi connectivity index (χ0n) is 19.5. The molecule has 0 saturated carbocycles. The van der Waals surface area contributed by atoms with Gasteiger partial charge < -0.3 is 5.73 Å². The van der Waals surface area contributed by atoms with Crippen LogP contribution in [0.3, 0.4) is 0 Å². The lowest BCUT2D eigenvalue weighted by Crippen LogP contribution is -2.31. The minimum atomic E-state index is -4.57. The second-order valence-corrected chi connectivity index (χ2v) is 8.82. The number of fused-ring (bicyclic) bond motifs is 1. The Balaban J connectivity index is 1.82. The Morgan fingerprint density at radius 3 is 2.22 bits per heavy atom. The molecule has 7 nitrogen and oxygen atoms in total. The average molecular weight is 525 g/mol. The molecule has 0 bridgehead atoms. The zero-order chi connectivity index (χ0) is 26.3. The standard InChI is InChI=1S/C26H20ClF3N6O/c1-15-18(9-12-20(32-15)26(28,29)30)14-35-25(37)23(16-5-3-2-4-6-16)22(17-7-10-19(27)11-8-17)24-34-33-21(13-31)36(24)35/h2-12H,13-14,31H2,1H3. The number of nitrogens with two attached hydrogens (primary N) is 1. The van der Waals surface area contributed by atoms with Crippen molar-refractivity contribution >= 4 is 17.2 Å². The maximum Gasteiger partial charge on any atom is 0.433 e. The van der Waals surface area contributed by atoms with Gasteiger partial charge in [-0.3, -0.25) is 4.79 Å². The van der Waals surface area contributed by atoms with E-state index in [-0.39, 0.29) is 18.8 Å². The largest absolute Gasteiger partial charge is 0.433 e. The van der Waals surface area contributed by atoms with Crippen LogP contribution in [-0.2, 0) is 19.3 Å². The predicted molar refractivity (Wildman–Crippen MR) is 134 cm³/mol. The van der Waals surface area contributed by atoms with Gasteiger partial charge in [-0.15, -0.1) is 10.2 Å². The lowest BCUT2D eigenvalue weighted by Gasteiger charge is -2.18. The van der Waals surface area contributed by atoms with Crippen LogP contribution in [0.4, 0.5) is 13.2 Å². The summed E-state index contributed by atoms with van der Waals surface area (Å²) in [6.45, 7) is 1.39. The quantitative estimate of drug-likeness (QED) is 0.345. The molecule has 0 unspecified atom stereocenters. The Morgan fingerprint density at radius 1 is 0.919 bits per heavy atom. The highest BCUT2D eigenvalue weighted by Crippen LogP contribution is 2.34. The molecular formula is C26H20ClF3N6O. The highest BCUT2D eigenvalue weighted by Gasteiger charge is 2.33. The maximum atomic E-state index is 14.2. The van der Waals surface area contributed by atoms with Gasteiger partial charge in [0.1, 0.15) is 5.69 Å². The highest BCUT2D eigenvalue weighted by atomic mass is 35.5. The normalized spacial score (nSPS) is 11.8. The van der Waals surface area contributed by atoms with E-state index in [0.29, 0.717) is 44.3 Å². The van der Waals surface area contributed by atoms with Crippen molar-refractivity contribution in [3.63, 3.8) is 0 Å². The Morgan fingerprint density at radius 2 is 1.59 bits per heavy atom. The molecule has 0 saturated heterocycles. The van der Waals surface area contributed by atoms with E-state index in [1.165, 1.54) is 22.2 Å².